The van der Waals surface area contributed by atoms with Gasteiger partial charge in [0.2, 0.25) is 5.91 Å². The summed E-state index contributed by atoms with van der Waals surface area (Å²) in [4.78, 5) is 33.1. The van der Waals surface area contributed by atoms with Crippen LogP contribution in [-0.2, 0) is 31.9 Å². The van der Waals surface area contributed by atoms with E-state index in [0.29, 0.717) is 18.9 Å². The third-order valence-electron chi connectivity index (χ3n) is 11.3. The van der Waals surface area contributed by atoms with Crippen molar-refractivity contribution >= 4 is 46.8 Å². The van der Waals surface area contributed by atoms with E-state index in [9.17, 15) is 9.59 Å². The van der Waals surface area contributed by atoms with E-state index in [1.807, 2.05) is 18.7 Å². The molecule has 2 saturated heterocycles. The van der Waals surface area contributed by atoms with Crippen molar-refractivity contribution in [1.29, 1.82) is 0 Å². The van der Waals surface area contributed by atoms with Crippen LogP contribution in [0.1, 0.15) is 65.5 Å². The Bertz CT molecular complexity index is 1850. The highest BCUT2D eigenvalue weighted by molar-refractivity contribution is 6.62. The van der Waals surface area contributed by atoms with Crippen molar-refractivity contribution in [2.45, 2.75) is 96.7 Å². The normalized spacial score (nSPS) is 25.0. The highest BCUT2D eigenvalue weighted by atomic mass is 16.7. The predicted molar refractivity (Wildman–Crippen MR) is 182 cm³/mol. The highest BCUT2D eigenvalue weighted by Gasteiger charge is 2.57. The zero-order chi connectivity index (χ0) is 33.0. The topological polar surface area (TPSA) is 98.7 Å². The van der Waals surface area contributed by atoms with Crippen LogP contribution in [0.3, 0.4) is 0 Å². The van der Waals surface area contributed by atoms with Gasteiger partial charge in [0, 0.05) is 23.7 Å². The van der Waals surface area contributed by atoms with E-state index >= 15 is 0 Å². The number of nitrogens with zero attached hydrogens (tertiary/aromatic N) is 2. The molecule has 244 valence electrons. The second-order valence-electron chi connectivity index (χ2n) is 15.1. The zero-order valence-electron chi connectivity index (χ0n) is 28.2. The lowest BCUT2D eigenvalue weighted by molar-refractivity contribution is -0.135. The summed E-state index contributed by atoms with van der Waals surface area (Å²) < 4.78 is 23.8. The van der Waals surface area contributed by atoms with Gasteiger partial charge in [-0.3, -0.25) is 9.79 Å². The summed E-state index contributed by atoms with van der Waals surface area (Å²) in [6.45, 7) is 12.6. The molecule has 3 aromatic rings. The molecule has 5 aliphatic rings. The first-order valence-electron chi connectivity index (χ1n) is 16.8. The fourth-order valence-electron chi connectivity index (χ4n) is 7.80. The molecule has 4 atom stereocenters. The minimum atomic E-state index is -0.644. The fourth-order valence-corrected chi connectivity index (χ4v) is 7.80. The number of nitrogens with one attached hydrogen (secondary N) is 1. The van der Waals surface area contributed by atoms with Gasteiger partial charge in [0.15, 0.2) is 0 Å². The van der Waals surface area contributed by atoms with E-state index in [1.165, 1.54) is 12.7 Å². The molecule has 4 aliphatic heterocycles. The molecule has 0 bridgehead atoms. The number of rotatable bonds is 5. The Morgan fingerprint density at radius 3 is 2.51 bits per heavy atom. The van der Waals surface area contributed by atoms with Crippen molar-refractivity contribution in [3.05, 3.63) is 53.6 Å². The second kappa shape index (κ2) is 10.6. The average molecular weight is 636 g/mol. The van der Waals surface area contributed by atoms with Crippen LogP contribution < -0.4 is 15.5 Å². The van der Waals surface area contributed by atoms with Crippen molar-refractivity contribution in [3.8, 4) is 16.9 Å². The average Bonchev–Trinajstić information content (AvgIpc) is 3.37. The molecule has 0 spiro atoms. The van der Waals surface area contributed by atoms with Gasteiger partial charge >= 0.3 is 13.2 Å². The molecule has 2 amide bonds. The molecule has 1 saturated carbocycles. The van der Waals surface area contributed by atoms with Crippen molar-refractivity contribution in [1.82, 2.24) is 10.2 Å². The molecule has 47 heavy (non-hydrogen) atoms. The van der Waals surface area contributed by atoms with Crippen LogP contribution in [0, 0.1) is 11.8 Å². The Balaban J connectivity index is 1.06. The number of ether oxygens (including phenoxy) is 2. The number of aliphatic imine (C=N–C) groups is 1. The number of hydrogen-bond donors (Lipinski definition) is 1. The molecule has 3 fully saturated rings. The van der Waals surface area contributed by atoms with Crippen molar-refractivity contribution in [3.63, 3.8) is 0 Å². The summed E-state index contributed by atoms with van der Waals surface area (Å²) in [7, 11) is 0.902. The van der Waals surface area contributed by atoms with Crippen LogP contribution >= 0.6 is 0 Å². The molecule has 4 heterocycles. The third-order valence-corrected chi connectivity index (χ3v) is 11.3. The minimum Gasteiger partial charge on any atom is -0.488 e. The maximum absolute atomic E-state index is 13.9. The summed E-state index contributed by atoms with van der Waals surface area (Å²) in [6.07, 6.45) is 2.02. The van der Waals surface area contributed by atoms with E-state index in [-0.39, 0.29) is 23.9 Å². The molecule has 0 aromatic heterocycles. The zero-order valence-corrected chi connectivity index (χ0v) is 28.2. The van der Waals surface area contributed by atoms with Crippen molar-refractivity contribution in [2.24, 2.45) is 16.8 Å². The highest BCUT2D eigenvalue weighted by Crippen LogP contribution is 2.51. The van der Waals surface area contributed by atoms with Crippen LogP contribution in [0.5, 0.6) is 5.75 Å². The second-order valence-corrected chi connectivity index (χ2v) is 15.1. The Morgan fingerprint density at radius 1 is 1.02 bits per heavy atom. The van der Waals surface area contributed by atoms with Crippen LogP contribution in [0.2, 0.25) is 0 Å². The summed E-state index contributed by atoms with van der Waals surface area (Å²) in [5, 5.41) is 5.04. The van der Waals surface area contributed by atoms with Gasteiger partial charge in [-0.2, -0.15) is 0 Å². The van der Waals surface area contributed by atoms with E-state index in [2.05, 4.69) is 75.5 Å². The van der Waals surface area contributed by atoms with Gasteiger partial charge in [-0.25, -0.2) is 4.79 Å². The van der Waals surface area contributed by atoms with Crippen molar-refractivity contribution in [2.75, 3.05) is 7.11 Å². The first-order chi connectivity index (χ1) is 22.3. The first kappa shape index (κ1) is 30.4. The molecule has 8 rings (SSSR count). The van der Waals surface area contributed by atoms with Gasteiger partial charge in [-0.1, -0.05) is 38.1 Å². The molecule has 1 N–H and O–H groups in total. The van der Waals surface area contributed by atoms with Gasteiger partial charge in [0.05, 0.1) is 30.0 Å². The molecule has 1 aliphatic carbocycles. The van der Waals surface area contributed by atoms with Gasteiger partial charge < -0.3 is 29.0 Å². The summed E-state index contributed by atoms with van der Waals surface area (Å²) in [5.74, 6) is 1.23. The number of alkyl carbamates (subject to hydrolysis) is 1. The van der Waals surface area contributed by atoms with E-state index in [0.717, 1.165) is 62.9 Å². The van der Waals surface area contributed by atoms with E-state index in [4.69, 9.17) is 23.8 Å². The van der Waals surface area contributed by atoms with Gasteiger partial charge in [0.1, 0.15) is 18.4 Å². The Morgan fingerprint density at radius 2 is 1.79 bits per heavy atom. The number of methoxy groups -OCH3 is 1. The van der Waals surface area contributed by atoms with E-state index in [1.54, 1.807) is 0 Å². The van der Waals surface area contributed by atoms with E-state index < -0.39 is 30.5 Å². The Labute approximate surface area is 276 Å². The lowest BCUT2D eigenvalue weighted by Gasteiger charge is -2.33. The first-order valence-corrected chi connectivity index (χ1v) is 16.8. The largest absolute Gasteiger partial charge is 0.494 e. The molecule has 10 heteroatoms. The number of amides is 2. The van der Waals surface area contributed by atoms with Crippen molar-refractivity contribution < 1.29 is 28.4 Å². The van der Waals surface area contributed by atoms with Crippen LogP contribution in [0.25, 0.3) is 21.9 Å². The predicted octanol–water partition coefficient (Wildman–Crippen LogP) is 5.70. The molecule has 0 unspecified atom stereocenters. The number of piperidine rings is 1. The SMILES string of the molecule is COC(=O)N[C@H](C(=O)N1[C@@H]2C[C@@H]2C[C@H]1C1=Nc2ccc3cc4c(cc3c2C1)OCc1cc(B2OC(C)(C)C(C)(C)O2)ccc1-4)C(C)C. The minimum absolute atomic E-state index is 0.0494. The van der Waals surface area contributed by atoms with Crippen LogP contribution in [0.4, 0.5) is 10.5 Å². The van der Waals surface area contributed by atoms with Gasteiger partial charge in [-0.15, -0.1) is 0 Å². The number of carbonyl (C=O) groups is 2. The molecular formula is C37H42BN3O6. The monoisotopic (exact) mass is 635 g/mol. The number of carbonyl (C=O) groups excluding carboxylic acids is 2. The summed E-state index contributed by atoms with van der Waals surface area (Å²) in [5.41, 5.74) is 6.69. The molecular weight excluding hydrogens is 593 g/mol. The summed E-state index contributed by atoms with van der Waals surface area (Å²) >= 11 is 0. The smallest absolute Gasteiger partial charge is 0.488 e. The maximum atomic E-state index is 13.9. The van der Waals surface area contributed by atoms with Gasteiger partial charge in [-0.05, 0) is 103 Å². The van der Waals surface area contributed by atoms with Gasteiger partial charge in [0.25, 0.3) is 0 Å². The lowest BCUT2D eigenvalue weighted by Crippen LogP contribution is -2.55. The van der Waals surface area contributed by atoms with Crippen LogP contribution in [-0.4, -0.2) is 66.2 Å². The standard InChI is InChI=1S/C37H42BN3O6/c1-19(2)33(40-35(43)44-7)34(42)41-30-14-21(30)15-31(41)29-16-26-25-17-32-27(13-20(25)8-11-28(26)39-29)24-10-9-23(12-22(24)18-45-32)38-46-36(3,4)37(5,6)47-38/h8-13,17,19,21,30-31,33H,14-16,18H2,1-7H3,(H,40,43)/t21-,30-,31+,33+/m1/s1. The number of fused-ring (bicyclic) bond motifs is 7. The van der Waals surface area contributed by atoms with Crippen LogP contribution in [0.15, 0.2) is 47.5 Å². The molecule has 0 radical (unpaired) electrons. The lowest BCUT2D eigenvalue weighted by atomic mass is 9.77. The Kier molecular flexibility index (Phi) is 6.84. The number of likely N-dealkylation sites (tertiary alicyclic amines) is 1. The Hall–Kier alpha value is -3.89. The maximum Gasteiger partial charge on any atom is 0.494 e. The fraction of sp³-hybridized carbons (Fsp3) is 0.486. The quantitative estimate of drug-likeness (QED) is 0.362. The molecule has 3 aromatic carbocycles. The number of benzene rings is 3. The number of hydrogen-bond acceptors (Lipinski definition) is 7. The summed E-state index contributed by atoms with van der Waals surface area (Å²) in [6, 6.07) is 14.5. The third kappa shape index (κ3) is 4.86. The molecule has 9 nitrogen and oxygen atoms in total.